The topological polar surface area (TPSA) is 89.4 Å². The first-order valence-electron chi connectivity index (χ1n) is 9.80. The van der Waals surface area contributed by atoms with E-state index in [4.69, 9.17) is 4.74 Å². The molecule has 2 aliphatic rings. The smallest absolute Gasteiger partial charge is 0.274 e. The summed E-state index contributed by atoms with van der Waals surface area (Å²) in [5, 5.41) is 7.53. The lowest BCUT2D eigenvalue weighted by Crippen LogP contribution is -2.29. The Bertz CT molecular complexity index is 886. The van der Waals surface area contributed by atoms with Crippen LogP contribution in [-0.2, 0) is 24.3 Å². The number of pyridine rings is 1. The van der Waals surface area contributed by atoms with Gasteiger partial charge in [0, 0.05) is 54.8 Å². The van der Waals surface area contributed by atoms with Crippen molar-refractivity contribution in [2.24, 2.45) is 0 Å². The van der Waals surface area contributed by atoms with Gasteiger partial charge in [-0.25, -0.2) is 0 Å². The summed E-state index contributed by atoms with van der Waals surface area (Å²) >= 11 is 0. The van der Waals surface area contributed by atoms with Crippen LogP contribution in [0.2, 0.25) is 0 Å². The first kappa shape index (κ1) is 18.6. The van der Waals surface area contributed by atoms with Gasteiger partial charge in [0.25, 0.3) is 11.8 Å². The van der Waals surface area contributed by atoms with Crippen molar-refractivity contribution < 1.29 is 14.3 Å². The van der Waals surface area contributed by atoms with Crippen molar-refractivity contribution in [2.75, 3.05) is 26.2 Å². The fourth-order valence-corrected chi connectivity index (χ4v) is 3.80. The van der Waals surface area contributed by atoms with Crippen molar-refractivity contribution in [1.29, 1.82) is 0 Å². The lowest BCUT2D eigenvalue weighted by atomic mass is 10.1. The minimum absolute atomic E-state index is 0.00528. The van der Waals surface area contributed by atoms with Gasteiger partial charge >= 0.3 is 0 Å². The third-order valence-corrected chi connectivity index (χ3v) is 5.26. The fourth-order valence-electron chi connectivity index (χ4n) is 3.80. The van der Waals surface area contributed by atoms with Gasteiger partial charge < -0.3 is 15.0 Å². The van der Waals surface area contributed by atoms with Crippen molar-refractivity contribution in [3.8, 4) is 0 Å². The van der Waals surface area contributed by atoms with Crippen LogP contribution in [-0.4, -0.2) is 57.7 Å². The van der Waals surface area contributed by atoms with Gasteiger partial charge in [0.2, 0.25) is 0 Å². The highest BCUT2D eigenvalue weighted by molar-refractivity contribution is 5.94. The molecule has 8 nitrogen and oxygen atoms in total. The van der Waals surface area contributed by atoms with Gasteiger partial charge in [-0.05, 0) is 31.9 Å². The number of amides is 2. The maximum atomic E-state index is 12.9. The molecule has 8 heteroatoms. The number of hydrogen-bond acceptors (Lipinski definition) is 5. The van der Waals surface area contributed by atoms with Gasteiger partial charge in [-0.1, -0.05) is 0 Å². The predicted octanol–water partition coefficient (Wildman–Crippen LogP) is 1.33. The lowest BCUT2D eigenvalue weighted by molar-refractivity contribution is 0.0772. The fraction of sp³-hybridized carbons (Fsp3) is 0.500. The maximum Gasteiger partial charge on any atom is 0.274 e. The number of likely N-dealkylation sites (tertiary alicyclic amines) is 1. The zero-order chi connectivity index (χ0) is 19.5. The summed E-state index contributed by atoms with van der Waals surface area (Å²) in [5.41, 5.74) is 3.85. The standard InChI is InChI=1S/C20H25N5O3/c1-14-12-15(4-6-21-14)19(26)22-7-10-25-17-5-11-28-13-16(17)18(23-25)20(27)24-8-2-3-9-24/h4,6,12H,2-3,5,7-11,13H2,1H3,(H,22,26). The van der Waals surface area contributed by atoms with Gasteiger partial charge in [0.1, 0.15) is 0 Å². The molecule has 4 rings (SSSR count). The molecule has 0 saturated carbocycles. The third kappa shape index (κ3) is 3.77. The molecular weight excluding hydrogens is 358 g/mol. The highest BCUT2D eigenvalue weighted by Crippen LogP contribution is 2.23. The number of nitrogens with zero attached hydrogens (tertiary/aromatic N) is 4. The Morgan fingerprint density at radius 1 is 1.29 bits per heavy atom. The van der Waals surface area contributed by atoms with Crippen LogP contribution in [0.3, 0.4) is 0 Å². The summed E-state index contributed by atoms with van der Waals surface area (Å²) in [7, 11) is 0. The van der Waals surface area contributed by atoms with Gasteiger partial charge in [-0.15, -0.1) is 0 Å². The molecule has 2 aliphatic heterocycles. The Hall–Kier alpha value is -2.74. The molecule has 1 fully saturated rings. The first-order chi connectivity index (χ1) is 13.6. The number of carbonyl (C=O) groups excluding carboxylic acids is 2. The van der Waals surface area contributed by atoms with Crippen LogP contribution in [0.15, 0.2) is 18.3 Å². The van der Waals surface area contributed by atoms with Crippen molar-refractivity contribution in [2.45, 2.75) is 39.3 Å². The summed E-state index contributed by atoms with van der Waals surface area (Å²) in [6, 6.07) is 3.46. The lowest BCUT2D eigenvalue weighted by Gasteiger charge is -2.17. The molecule has 4 heterocycles. The van der Waals surface area contributed by atoms with Crippen LogP contribution in [0.5, 0.6) is 0 Å². The van der Waals surface area contributed by atoms with Crippen LogP contribution in [0.25, 0.3) is 0 Å². The summed E-state index contributed by atoms with van der Waals surface area (Å²) in [5.74, 6) is -0.141. The number of nitrogens with one attached hydrogen (secondary N) is 1. The van der Waals surface area contributed by atoms with Gasteiger partial charge in [-0.2, -0.15) is 5.10 Å². The molecule has 0 radical (unpaired) electrons. The molecular formula is C20H25N5O3. The Kier molecular flexibility index (Phi) is 5.38. The average molecular weight is 383 g/mol. The van der Waals surface area contributed by atoms with E-state index in [0.717, 1.165) is 49.3 Å². The third-order valence-electron chi connectivity index (χ3n) is 5.26. The molecule has 148 valence electrons. The maximum absolute atomic E-state index is 12.9. The van der Waals surface area contributed by atoms with E-state index in [1.54, 1.807) is 18.3 Å². The quantitative estimate of drug-likeness (QED) is 0.841. The van der Waals surface area contributed by atoms with E-state index in [1.165, 1.54) is 0 Å². The molecule has 0 unspecified atom stereocenters. The van der Waals surface area contributed by atoms with E-state index in [0.29, 0.717) is 37.6 Å². The normalized spacial score (nSPS) is 16.1. The number of fused-ring (bicyclic) bond motifs is 1. The number of aryl methyl sites for hydroxylation is 1. The summed E-state index contributed by atoms with van der Waals surface area (Å²) in [6.07, 6.45) is 4.45. The monoisotopic (exact) mass is 383 g/mol. The van der Waals surface area contributed by atoms with E-state index in [-0.39, 0.29) is 11.8 Å². The van der Waals surface area contributed by atoms with Gasteiger partial charge in [0.15, 0.2) is 5.69 Å². The second kappa shape index (κ2) is 8.10. The van der Waals surface area contributed by atoms with Crippen molar-refractivity contribution in [3.05, 3.63) is 46.5 Å². The van der Waals surface area contributed by atoms with E-state index in [2.05, 4.69) is 15.4 Å². The summed E-state index contributed by atoms with van der Waals surface area (Å²) in [4.78, 5) is 31.1. The molecule has 1 saturated heterocycles. The van der Waals surface area contributed by atoms with Crippen LogP contribution in [0.4, 0.5) is 0 Å². The summed E-state index contributed by atoms with van der Waals surface area (Å²) in [6.45, 7) is 5.45. The molecule has 0 spiro atoms. The minimum atomic E-state index is -0.136. The van der Waals surface area contributed by atoms with Gasteiger partial charge in [0.05, 0.1) is 19.8 Å². The average Bonchev–Trinajstić information content (AvgIpc) is 3.36. The minimum Gasteiger partial charge on any atom is -0.376 e. The van der Waals surface area contributed by atoms with Gasteiger partial charge in [-0.3, -0.25) is 19.3 Å². The van der Waals surface area contributed by atoms with Crippen LogP contribution < -0.4 is 5.32 Å². The van der Waals surface area contributed by atoms with Crippen LogP contribution >= 0.6 is 0 Å². The Morgan fingerprint density at radius 2 is 2.11 bits per heavy atom. The molecule has 1 N–H and O–H groups in total. The summed E-state index contributed by atoms with van der Waals surface area (Å²) < 4.78 is 7.44. The Morgan fingerprint density at radius 3 is 2.89 bits per heavy atom. The number of hydrogen-bond donors (Lipinski definition) is 1. The number of rotatable bonds is 5. The van der Waals surface area contributed by atoms with Crippen molar-refractivity contribution in [3.63, 3.8) is 0 Å². The van der Waals surface area contributed by atoms with E-state index in [1.807, 2.05) is 16.5 Å². The molecule has 28 heavy (non-hydrogen) atoms. The highest BCUT2D eigenvalue weighted by atomic mass is 16.5. The second-order valence-electron chi connectivity index (χ2n) is 7.24. The van der Waals surface area contributed by atoms with Crippen molar-refractivity contribution in [1.82, 2.24) is 25.0 Å². The molecule has 0 atom stereocenters. The number of ether oxygens (including phenoxy) is 1. The van der Waals surface area contributed by atoms with Crippen molar-refractivity contribution >= 4 is 11.8 Å². The van der Waals surface area contributed by atoms with Crippen LogP contribution in [0.1, 0.15) is 50.6 Å². The van der Waals surface area contributed by atoms with E-state index >= 15 is 0 Å². The molecule has 0 aromatic carbocycles. The molecule has 0 aliphatic carbocycles. The molecule has 0 bridgehead atoms. The molecule has 2 aromatic rings. The zero-order valence-corrected chi connectivity index (χ0v) is 16.1. The van der Waals surface area contributed by atoms with E-state index in [9.17, 15) is 9.59 Å². The molecule has 2 amide bonds. The van der Waals surface area contributed by atoms with Crippen LogP contribution in [0, 0.1) is 6.92 Å². The largest absolute Gasteiger partial charge is 0.376 e. The predicted molar refractivity (Wildman–Crippen MR) is 102 cm³/mol. The Labute approximate surface area is 163 Å². The second-order valence-corrected chi connectivity index (χ2v) is 7.24. The SMILES string of the molecule is Cc1cc(C(=O)NCCn2nc(C(=O)N3CCCC3)c3c2CCOC3)ccn1. The number of aromatic nitrogens is 3. The van der Waals surface area contributed by atoms with E-state index < -0.39 is 0 Å². The molecule has 2 aromatic heterocycles. The Balaban J connectivity index is 1.45. The number of carbonyl (C=O) groups is 2. The zero-order valence-electron chi connectivity index (χ0n) is 16.1. The first-order valence-corrected chi connectivity index (χ1v) is 9.80. The highest BCUT2D eigenvalue weighted by Gasteiger charge is 2.29.